The Hall–Kier alpha value is -1.10. The Kier molecular flexibility index (Phi) is 4.13. The van der Waals surface area contributed by atoms with E-state index in [0.29, 0.717) is 6.54 Å². The molecular weight excluding hydrogens is 244 g/mol. The number of carbonyl (C=O) groups is 2. The number of rotatable bonds is 2. The fourth-order valence-corrected chi connectivity index (χ4v) is 3.40. The van der Waals surface area contributed by atoms with Crippen LogP contribution in [-0.4, -0.2) is 47.6 Å². The number of nitrogens with zero attached hydrogens (tertiary/aromatic N) is 1. The van der Waals surface area contributed by atoms with E-state index in [1.165, 1.54) is 0 Å². The van der Waals surface area contributed by atoms with Gasteiger partial charge in [0, 0.05) is 12.5 Å². The summed E-state index contributed by atoms with van der Waals surface area (Å²) >= 11 is 0. The standard InChI is InChI=1S/C14H24N2O3/c1-14(2)6-3-9-16(11(14)13(18)19)12(17)10-4-7-15-8-5-10/h10-11,15H,3-9H2,1-2H3,(H,18,19). The highest BCUT2D eigenvalue weighted by Gasteiger charge is 2.45. The molecular formula is C14H24N2O3. The van der Waals surface area contributed by atoms with Crippen molar-refractivity contribution < 1.29 is 14.7 Å². The highest BCUT2D eigenvalue weighted by molar-refractivity contribution is 5.86. The summed E-state index contributed by atoms with van der Waals surface area (Å²) in [5.41, 5.74) is -0.341. The van der Waals surface area contributed by atoms with Crippen molar-refractivity contribution >= 4 is 11.9 Å². The lowest BCUT2D eigenvalue weighted by molar-refractivity contribution is -0.161. The Morgan fingerprint density at radius 1 is 1.26 bits per heavy atom. The zero-order chi connectivity index (χ0) is 14.0. The molecule has 5 nitrogen and oxygen atoms in total. The van der Waals surface area contributed by atoms with Gasteiger partial charge in [-0.2, -0.15) is 0 Å². The van der Waals surface area contributed by atoms with Gasteiger partial charge in [0.2, 0.25) is 5.91 Å². The van der Waals surface area contributed by atoms with E-state index in [1.54, 1.807) is 4.90 Å². The Morgan fingerprint density at radius 3 is 2.47 bits per heavy atom. The maximum Gasteiger partial charge on any atom is 0.326 e. The van der Waals surface area contributed by atoms with E-state index in [0.717, 1.165) is 38.8 Å². The van der Waals surface area contributed by atoms with Crippen molar-refractivity contribution in [3.05, 3.63) is 0 Å². The molecule has 0 bridgehead atoms. The monoisotopic (exact) mass is 268 g/mol. The Morgan fingerprint density at radius 2 is 1.89 bits per heavy atom. The van der Waals surface area contributed by atoms with E-state index < -0.39 is 12.0 Å². The molecule has 1 unspecified atom stereocenters. The number of likely N-dealkylation sites (tertiary alicyclic amines) is 1. The van der Waals surface area contributed by atoms with Crippen LogP contribution in [0.1, 0.15) is 39.5 Å². The van der Waals surface area contributed by atoms with Crippen LogP contribution in [0.5, 0.6) is 0 Å². The van der Waals surface area contributed by atoms with Crippen molar-refractivity contribution in [1.29, 1.82) is 0 Å². The van der Waals surface area contributed by atoms with E-state index in [1.807, 2.05) is 13.8 Å². The van der Waals surface area contributed by atoms with Gasteiger partial charge in [0.05, 0.1) is 0 Å². The minimum Gasteiger partial charge on any atom is -0.480 e. The smallest absolute Gasteiger partial charge is 0.326 e. The average Bonchev–Trinajstić information content (AvgIpc) is 2.37. The second-order valence-electron chi connectivity index (χ2n) is 6.39. The van der Waals surface area contributed by atoms with E-state index in [2.05, 4.69) is 5.32 Å². The molecule has 0 aromatic heterocycles. The number of hydrogen-bond donors (Lipinski definition) is 2. The first-order valence-electron chi connectivity index (χ1n) is 7.17. The third-order valence-electron chi connectivity index (χ3n) is 4.48. The summed E-state index contributed by atoms with van der Waals surface area (Å²) in [5, 5.41) is 12.7. The number of aliphatic carboxylic acids is 1. The molecule has 0 saturated carbocycles. The quantitative estimate of drug-likeness (QED) is 0.786. The maximum absolute atomic E-state index is 12.6. The first-order chi connectivity index (χ1) is 8.93. The molecule has 0 aromatic rings. The van der Waals surface area contributed by atoms with Crippen molar-refractivity contribution in [2.24, 2.45) is 11.3 Å². The van der Waals surface area contributed by atoms with Crippen LogP contribution >= 0.6 is 0 Å². The maximum atomic E-state index is 12.6. The van der Waals surface area contributed by atoms with Crippen LogP contribution in [-0.2, 0) is 9.59 Å². The predicted octanol–water partition coefficient (Wildman–Crippen LogP) is 1.09. The Bertz CT molecular complexity index is 362. The number of hydrogen-bond acceptors (Lipinski definition) is 3. The number of carbonyl (C=O) groups excluding carboxylic acids is 1. The van der Waals surface area contributed by atoms with Crippen LogP contribution in [0.4, 0.5) is 0 Å². The van der Waals surface area contributed by atoms with Gasteiger partial charge in [-0.3, -0.25) is 4.79 Å². The van der Waals surface area contributed by atoms with Gasteiger partial charge in [-0.25, -0.2) is 4.79 Å². The van der Waals surface area contributed by atoms with E-state index in [4.69, 9.17) is 0 Å². The lowest BCUT2D eigenvalue weighted by Gasteiger charge is -2.45. The van der Waals surface area contributed by atoms with Crippen molar-refractivity contribution in [3.63, 3.8) is 0 Å². The molecule has 2 saturated heterocycles. The summed E-state index contributed by atoms with van der Waals surface area (Å²) in [7, 11) is 0. The molecule has 1 atom stereocenters. The molecule has 2 rings (SSSR count). The molecule has 2 aliphatic heterocycles. The number of piperidine rings is 2. The molecule has 0 spiro atoms. The molecule has 2 N–H and O–H groups in total. The normalized spacial score (nSPS) is 28.1. The zero-order valence-corrected chi connectivity index (χ0v) is 11.8. The van der Waals surface area contributed by atoms with Gasteiger partial charge >= 0.3 is 5.97 Å². The predicted molar refractivity (Wildman–Crippen MR) is 71.7 cm³/mol. The highest BCUT2D eigenvalue weighted by atomic mass is 16.4. The second-order valence-corrected chi connectivity index (χ2v) is 6.39. The van der Waals surface area contributed by atoms with Crippen LogP contribution in [0.25, 0.3) is 0 Å². The number of carboxylic acids is 1. The number of carboxylic acid groups (broad SMARTS) is 1. The van der Waals surface area contributed by atoms with Crippen molar-refractivity contribution in [2.45, 2.75) is 45.6 Å². The highest BCUT2D eigenvalue weighted by Crippen LogP contribution is 2.36. The Labute approximate surface area is 114 Å². The summed E-state index contributed by atoms with van der Waals surface area (Å²) < 4.78 is 0. The second kappa shape index (κ2) is 5.49. The van der Waals surface area contributed by atoms with Gasteiger partial charge in [-0.05, 0) is 44.2 Å². The van der Waals surface area contributed by atoms with E-state index in [9.17, 15) is 14.7 Å². The first kappa shape index (κ1) is 14.3. The minimum absolute atomic E-state index is 0.00278. The van der Waals surface area contributed by atoms with Crippen LogP contribution < -0.4 is 5.32 Å². The van der Waals surface area contributed by atoms with Gasteiger partial charge in [0.25, 0.3) is 0 Å². The molecule has 2 heterocycles. The summed E-state index contributed by atoms with van der Waals surface area (Å²) in [6.45, 7) is 6.20. The molecule has 108 valence electrons. The molecule has 1 amide bonds. The lowest BCUT2D eigenvalue weighted by Crippen LogP contribution is -2.58. The summed E-state index contributed by atoms with van der Waals surface area (Å²) in [6, 6.07) is -0.677. The summed E-state index contributed by atoms with van der Waals surface area (Å²) in [6.07, 6.45) is 3.40. The third kappa shape index (κ3) is 2.91. The Balaban J connectivity index is 2.15. The number of nitrogens with one attached hydrogen (secondary N) is 1. The molecule has 0 aliphatic carbocycles. The van der Waals surface area contributed by atoms with Crippen LogP contribution in [0, 0.1) is 11.3 Å². The SMILES string of the molecule is CC1(C)CCCN(C(=O)C2CCNCC2)C1C(=O)O. The van der Waals surface area contributed by atoms with Gasteiger partial charge < -0.3 is 15.3 Å². The van der Waals surface area contributed by atoms with Crippen molar-refractivity contribution in [1.82, 2.24) is 10.2 Å². The van der Waals surface area contributed by atoms with E-state index in [-0.39, 0.29) is 17.2 Å². The van der Waals surface area contributed by atoms with E-state index >= 15 is 0 Å². The molecule has 5 heteroatoms. The third-order valence-corrected chi connectivity index (χ3v) is 4.48. The summed E-state index contributed by atoms with van der Waals surface area (Å²) in [5.74, 6) is -0.828. The fourth-order valence-electron chi connectivity index (χ4n) is 3.40. The van der Waals surface area contributed by atoms with Crippen LogP contribution in [0.2, 0.25) is 0 Å². The number of amides is 1. The molecule has 19 heavy (non-hydrogen) atoms. The topological polar surface area (TPSA) is 69.6 Å². The molecule has 2 fully saturated rings. The van der Waals surface area contributed by atoms with Crippen molar-refractivity contribution in [3.8, 4) is 0 Å². The average molecular weight is 268 g/mol. The van der Waals surface area contributed by atoms with Gasteiger partial charge in [-0.1, -0.05) is 13.8 Å². The van der Waals surface area contributed by atoms with Crippen molar-refractivity contribution in [2.75, 3.05) is 19.6 Å². The largest absolute Gasteiger partial charge is 0.480 e. The molecule has 0 aromatic carbocycles. The fraction of sp³-hybridized carbons (Fsp3) is 0.857. The zero-order valence-electron chi connectivity index (χ0n) is 11.8. The first-order valence-corrected chi connectivity index (χ1v) is 7.17. The van der Waals surface area contributed by atoms with Gasteiger partial charge in [0.15, 0.2) is 0 Å². The summed E-state index contributed by atoms with van der Waals surface area (Å²) in [4.78, 5) is 25.8. The molecule has 2 aliphatic rings. The van der Waals surface area contributed by atoms with Crippen LogP contribution in [0.3, 0.4) is 0 Å². The van der Waals surface area contributed by atoms with Gasteiger partial charge in [0.1, 0.15) is 6.04 Å². The molecule has 0 radical (unpaired) electrons. The minimum atomic E-state index is -0.869. The van der Waals surface area contributed by atoms with Gasteiger partial charge in [-0.15, -0.1) is 0 Å². The lowest BCUT2D eigenvalue weighted by atomic mass is 9.75. The van der Waals surface area contributed by atoms with Crippen LogP contribution in [0.15, 0.2) is 0 Å².